The van der Waals surface area contributed by atoms with Gasteiger partial charge in [-0.2, -0.15) is 0 Å². The second-order valence-corrected chi connectivity index (χ2v) is 7.78. The van der Waals surface area contributed by atoms with Gasteiger partial charge in [0.2, 0.25) is 0 Å². The molecular weight excluding hydrogens is 296 g/mol. The van der Waals surface area contributed by atoms with E-state index in [4.69, 9.17) is 9.72 Å². The fourth-order valence-corrected chi connectivity index (χ4v) is 4.42. The third-order valence-corrected chi connectivity index (χ3v) is 5.47. The Morgan fingerprint density at radius 3 is 2.82 bits per heavy atom. The van der Waals surface area contributed by atoms with Gasteiger partial charge in [-0.3, -0.25) is 4.99 Å². The quantitative estimate of drug-likeness (QED) is 0.661. The van der Waals surface area contributed by atoms with Crippen LogP contribution in [0.4, 0.5) is 0 Å². The van der Waals surface area contributed by atoms with Crippen molar-refractivity contribution in [1.29, 1.82) is 0 Å². The standard InChI is InChI=1S/C16H26N4OS/c1-9(2)15-10(3)22-14(20-15)8-18-16(17-4)19-12-7-11-5-6-13(12)21-11/h9,11-13H,5-8H2,1-4H3,(H2,17,18,19). The molecule has 1 aromatic heterocycles. The summed E-state index contributed by atoms with van der Waals surface area (Å²) in [4.78, 5) is 10.4. The monoisotopic (exact) mass is 322 g/mol. The average molecular weight is 322 g/mol. The second kappa shape index (κ2) is 6.54. The molecule has 0 aromatic carbocycles. The molecule has 3 heterocycles. The number of fused-ring (bicyclic) bond motifs is 2. The first-order valence-corrected chi connectivity index (χ1v) is 8.97. The molecule has 3 rings (SSSR count). The predicted molar refractivity (Wildman–Crippen MR) is 90.6 cm³/mol. The molecule has 0 saturated carbocycles. The van der Waals surface area contributed by atoms with Gasteiger partial charge in [0.15, 0.2) is 5.96 Å². The van der Waals surface area contributed by atoms with E-state index >= 15 is 0 Å². The number of nitrogens with zero attached hydrogens (tertiary/aromatic N) is 2. The highest BCUT2D eigenvalue weighted by atomic mass is 32.1. The van der Waals surface area contributed by atoms with E-state index in [-0.39, 0.29) is 0 Å². The third kappa shape index (κ3) is 3.27. The number of hydrogen-bond acceptors (Lipinski definition) is 4. The van der Waals surface area contributed by atoms with E-state index in [9.17, 15) is 0 Å². The van der Waals surface area contributed by atoms with Crippen LogP contribution in [0.15, 0.2) is 4.99 Å². The SMILES string of the molecule is CN=C(NCc1nc(C(C)C)c(C)s1)NC1CC2CCC1O2. The zero-order valence-corrected chi connectivity index (χ0v) is 14.7. The molecule has 6 heteroatoms. The Labute approximate surface area is 136 Å². The van der Waals surface area contributed by atoms with Crippen molar-refractivity contribution in [1.82, 2.24) is 15.6 Å². The van der Waals surface area contributed by atoms with Gasteiger partial charge < -0.3 is 15.4 Å². The van der Waals surface area contributed by atoms with Crippen LogP contribution in [-0.4, -0.2) is 36.2 Å². The first kappa shape index (κ1) is 15.7. The van der Waals surface area contributed by atoms with Crippen LogP contribution in [0.5, 0.6) is 0 Å². The zero-order valence-electron chi connectivity index (χ0n) is 13.8. The van der Waals surface area contributed by atoms with Crippen LogP contribution in [0, 0.1) is 6.92 Å². The van der Waals surface area contributed by atoms with Crippen LogP contribution in [0.1, 0.15) is 54.6 Å². The first-order chi connectivity index (χ1) is 10.6. The maximum atomic E-state index is 5.88. The molecule has 2 bridgehead atoms. The lowest BCUT2D eigenvalue weighted by Gasteiger charge is -2.22. The molecule has 2 fully saturated rings. The molecule has 122 valence electrons. The third-order valence-electron chi connectivity index (χ3n) is 4.48. The maximum absolute atomic E-state index is 5.88. The van der Waals surface area contributed by atoms with Crippen LogP contribution in [0.2, 0.25) is 0 Å². The largest absolute Gasteiger partial charge is 0.373 e. The summed E-state index contributed by atoms with van der Waals surface area (Å²) in [6.45, 7) is 7.25. The number of aryl methyl sites for hydroxylation is 1. The van der Waals surface area contributed by atoms with E-state index in [0.29, 0.717) is 24.2 Å². The normalized spacial score (nSPS) is 27.7. The van der Waals surface area contributed by atoms with Gasteiger partial charge in [-0.15, -0.1) is 11.3 Å². The summed E-state index contributed by atoms with van der Waals surface area (Å²) in [5, 5.41) is 8.00. The van der Waals surface area contributed by atoms with E-state index in [0.717, 1.165) is 23.9 Å². The fourth-order valence-electron chi connectivity index (χ4n) is 3.40. The number of rotatable bonds is 4. The lowest BCUT2D eigenvalue weighted by atomic mass is 9.96. The van der Waals surface area contributed by atoms with Crippen molar-refractivity contribution in [2.45, 2.75) is 70.7 Å². The molecule has 5 nitrogen and oxygen atoms in total. The van der Waals surface area contributed by atoms with E-state index in [2.05, 4.69) is 36.4 Å². The summed E-state index contributed by atoms with van der Waals surface area (Å²) >= 11 is 1.77. The summed E-state index contributed by atoms with van der Waals surface area (Å²) in [6, 6.07) is 0.397. The summed E-state index contributed by atoms with van der Waals surface area (Å²) in [6.07, 6.45) is 4.29. The van der Waals surface area contributed by atoms with Crippen LogP contribution in [0.3, 0.4) is 0 Å². The number of hydrogen-bond donors (Lipinski definition) is 2. The Hall–Kier alpha value is -1.14. The van der Waals surface area contributed by atoms with Crippen molar-refractivity contribution in [3.05, 3.63) is 15.6 Å². The van der Waals surface area contributed by atoms with Gasteiger partial charge in [-0.05, 0) is 32.1 Å². The van der Waals surface area contributed by atoms with Crippen LogP contribution in [-0.2, 0) is 11.3 Å². The highest BCUT2D eigenvalue weighted by molar-refractivity contribution is 7.11. The Morgan fingerprint density at radius 2 is 2.27 bits per heavy atom. The molecule has 2 aliphatic heterocycles. The maximum Gasteiger partial charge on any atom is 0.191 e. The van der Waals surface area contributed by atoms with E-state index in [1.54, 1.807) is 11.3 Å². The predicted octanol–water partition coefficient (Wildman–Crippen LogP) is 2.56. The fraction of sp³-hybridized carbons (Fsp3) is 0.750. The number of thiazole rings is 1. The minimum absolute atomic E-state index is 0.359. The molecule has 0 amide bonds. The average Bonchev–Trinajstić information content (AvgIpc) is 3.18. The van der Waals surface area contributed by atoms with Gasteiger partial charge in [0.1, 0.15) is 5.01 Å². The number of aliphatic imine (C=N–C) groups is 1. The highest BCUT2D eigenvalue weighted by Gasteiger charge is 2.41. The van der Waals surface area contributed by atoms with E-state index in [1.165, 1.54) is 23.4 Å². The van der Waals surface area contributed by atoms with Gasteiger partial charge in [-0.1, -0.05) is 13.8 Å². The molecule has 2 aliphatic rings. The van der Waals surface area contributed by atoms with Crippen LogP contribution >= 0.6 is 11.3 Å². The molecule has 22 heavy (non-hydrogen) atoms. The molecule has 0 radical (unpaired) electrons. The minimum Gasteiger partial charge on any atom is -0.373 e. The van der Waals surface area contributed by atoms with Gasteiger partial charge in [-0.25, -0.2) is 4.98 Å². The lowest BCUT2D eigenvalue weighted by Crippen LogP contribution is -2.47. The molecule has 1 aromatic rings. The van der Waals surface area contributed by atoms with Crippen molar-refractivity contribution in [2.75, 3.05) is 7.05 Å². The molecule has 3 unspecified atom stereocenters. The summed E-state index contributed by atoms with van der Waals surface area (Å²) < 4.78 is 5.88. The van der Waals surface area contributed by atoms with Gasteiger partial charge in [0.25, 0.3) is 0 Å². The molecule has 3 atom stereocenters. The summed E-state index contributed by atoms with van der Waals surface area (Å²) in [5.74, 6) is 1.33. The smallest absolute Gasteiger partial charge is 0.191 e. The zero-order chi connectivity index (χ0) is 15.7. The lowest BCUT2D eigenvalue weighted by molar-refractivity contribution is 0.0992. The van der Waals surface area contributed by atoms with Gasteiger partial charge in [0, 0.05) is 11.9 Å². The Balaban J connectivity index is 1.54. The van der Waals surface area contributed by atoms with Crippen molar-refractivity contribution < 1.29 is 4.74 Å². The topological polar surface area (TPSA) is 58.5 Å². The van der Waals surface area contributed by atoms with E-state index in [1.807, 2.05) is 7.05 Å². The number of ether oxygens (including phenoxy) is 1. The highest BCUT2D eigenvalue weighted by Crippen LogP contribution is 2.34. The van der Waals surface area contributed by atoms with Crippen LogP contribution in [0.25, 0.3) is 0 Å². The number of nitrogens with one attached hydrogen (secondary N) is 2. The molecule has 2 N–H and O–H groups in total. The summed E-state index contributed by atoms with van der Waals surface area (Å²) in [7, 11) is 1.82. The Morgan fingerprint density at radius 1 is 1.45 bits per heavy atom. The first-order valence-electron chi connectivity index (χ1n) is 8.15. The van der Waals surface area contributed by atoms with Gasteiger partial charge in [0.05, 0.1) is 30.5 Å². The summed E-state index contributed by atoms with van der Waals surface area (Å²) in [5.41, 5.74) is 1.21. The van der Waals surface area contributed by atoms with E-state index < -0.39 is 0 Å². The Kier molecular flexibility index (Phi) is 4.68. The minimum atomic E-state index is 0.359. The second-order valence-electron chi connectivity index (χ2n) is 6.49. The van der Waals surface area contributed by atoms with Crippen molar-refractivity contribution in [3.63, 3.8) is 0 Å². The van der Waals surface area contributed by atoms with Gasteiger partial charge >= 0.3 is 0 Å². The van der Waals surface area contributed by atoms with Crippen molar-refractivity contribution in [3.8, 4) is 0 Å². The van der Waals surface area contributed by atoms with Crippen molar-refractivity contribution >= 4 is 17.3 Å². The number of guanidine groups is 1. The molecule has 2 saturated heterocycles. The van der Waals surface area contributed by atoms with Crippen LogP contribution < -0.4 is 10.6 Å². The Bertz CT molecular complexity index is 554. The molecule has 0 aliphatic carbocycles. The molecule has 0 spiro atoms. The van der Waals surface area contributed by atoms with Crippen molar-refractivity contribution in [2.24, 2.45) is 4.99 Å². The molecular formula is C16H26N4OS. The number of aromatic nitrogens is 1.